The van der Waals surface area contributed by atoms with Crippen molar-refractivity contribution in [1.82, 2.24) is 19.5 Å². The molecule has 2 rings (SSSR count). The van der Waals surface area contributed by atoms with Gasteiger partial charge < -0.3 is 9.52 Å². The maximum Gasteiger partial charge on any atom is 0.273 e. The summed E-state index contributed by atoms with van der Waals surface area (Å²) in [5, 5.41) is 12.6. The molecule has 0 aliphatic rings. The zero-order valence-electron chi connectivity index (χ0n) is 10.3. The van der Waals surface area contributed by atoms with Crippen LogP contribution in [0.15, 0.2) is 28.0 Å². The van der Waals surface area contributed by atoms with Crippen molar-refractivity contribution in [2.45, 2.75) is 18.1 Å². The third-order valence-electron chi connectivity index (χ3n) is 2.35. The van der Waals surface area contributed by atoms with E-state index in [1.165, 1.54) is 12.1 Å². The largest absolute Gasteiger partial charge is 0.446 e. The maximum absolute atomic E-state index is 11.8. The first-order valence-corrected chi connectivity index (χ1v) is 7.03. The number of aliphatic hydroxyl groups is 1. The predicted molar refractivity (Wildman–Crippen MR) is 64.5 cm³/mol. The van der Waals surface area contributed by atoms with Gasteiger partial charge in [0.1, 0.15) is 18.7 Å². The van der Waals surface area contributed by atoms with Crippen molar-refractivity contribution in [3.63, 3.8) is 0 Å². The van der Waals surface area contributed by atoms with Crippen LogP contribution in [0.4, 0.5) is 0 Å². The van der Waals surface area contributed by atoms with E-state index >= 15 is 0 Å². The molecule has 0 saturated carbocycles. The van der Waals surface area contributed by atoms with Crippen LogP contribution in [0.1, 0.15) is 11.6 Å². The second-order valence-electron chi connectivity index (χ2n) is 3.86. The number of aryl methyl sites for hydroxylation is 1. The second kappa shape index (κ2) is 5.51. The van der Waals surface area contributed by atoms with Gasteiger partial charge in [-0.25, -0.2) is 18.1 Å². The fourth-order valence-corrected chi connectivity index (χ4v) is 2.43. The second-order valence-corrected chi connectivity index (χ2v) is 5.56. The number of sulfonamides is 1. The van der Waals surface area contributed by atoms with E-state index in [9.17, 15) is 8.42 Å². The zero-order chi connectivity index (χ0) is 13.9. The summed E-state index contributed by atoms with van der Waals surface area (Å²) in [4.78, 5) is 3.99. The normalized spacial score (nSPS) is 11.9. The molecule has 2 aromatic heterocycles. The van der Waals surface area contributed by atoms with Gasteiger partial charge in [-0.1, -0.05) is 0 Å². The van der Waals surface area contributed by atoms with Gasteiger partial charge in [0.2, 0.25) is 5.09 Å². The molecule has 104 valence electrons. The van der Waals surface area contributed by atoms with Crippen LogP contribution >= 0.6 is 0 Å². The van der Waals surface area contributed by atoms with Crippen molar-refractivity contribution in [2.75, 3.05) is 6.54 Å². The molecule has 9 heteroatoms. The lowest BCUT2D eigenvalue weighted by Crippen LogP contribution is -2.26. The molecule has 0 unspecified atom stereocenters. The molecule has 19 heavy (non-hydrogen) atoms. The van der Waals surface area contributed by atoms with Crippen molar-refractivity contribution in [3.05, 3.63) is 30.0 Å². The highest BCUT2D eigenvalue weighted by molar-refractivity contribution is 7.89. The number of aliphatic hydroxyl groups excluding tert-OH is 1. The number of rotatable bonds is 6. The molecule has 0 atom stereocenters. The van der Waals surface area contributed by atoms with Gasteiger partial charge in [0.25, 0.3) is 10.0 Å². The van der Waals surface area contributed by atoms with Crippen molar-refractivity contribution < 1.29 is 17.9 Å². The van der Waals surface area contributed by atoms with Crippen molar-refractivity contribution in [1.29, 1.82) is 0 Å². The minimum Gasteiger partial charge on any atom is -0.446 e. The van der Waals surface area contributed by atoms with Gasteiger partial charge in [-0.2, -0.15) is 5.10 Å². The SMILES string of the molecule is Cn1cnc(CCNS(=O)(=O)c2ccc(CO)o2)n1. The molecular weight excluding hydrogens is 272 g/mol. The summed E-state index contributed by atoms with van der Waals surface area (Å²) in [6.07, 6.45) is 1.93. The van der Waals surface area contributed by atoms with E-state index in [-0.39, 0.29) is 24.0 Å². The van der Waals surface area contributed by atoms with Crippen LogP contribution in [0, 0.1) is 0 Å². The van der Waals surface area contributed by atoms with E-state index < -0.39 is 10.0 Å². The molecule has 8 nitrogen and oxygen atoms in total. The van der Waals surface area contributed by atoms with Crippen molar-refractivity contribution in [3.8, 4) is 0 Å². The van der Waals surface area contributed by atoms with Crippen LogP contribution in [-0.4, -0.2) is 34.8 Å². The van der Waals surface area contributed by atoms with E-state index in [0.717, 1.165) is 0 Å². The Hall–Kier alpha value is -1.71. The van der Waals surface area contributed by atoms with Crippen LogP contribution in [0.3, 0.4) is 0 Å². The molecule has 0 aliphatic heterocycles. The molecule has 0 fully saturated rings. The predicted octanol–water partition coefficient (Wildman–Crippen LogP) is -0.579. The Balaban J connectivity index is 1.94. The number of nitrogens with zero attached hydrogens (tertiary/aromatic N) is 3. The molecule has 0 saturated heterocycles. The molecule has 2 aromatic rings. The summed E-state index contributed by atoms with van der Waals surface area (Å²) in [6, 6.07) is 2.71. The Labute approximate surface area is 110 Å². The molecular formula is C10H14N4O4S. The van der Waals surface area contributed by atoms with Crippen molar-refractivity contribution >= 4 is 10.0 Å². The summed E-state index contributed by atoms with van der Waals surface area (Å²) in [5.74, 6) is 0.757. The summed E-state index contributed by atoms with van der Waals surface area (Å²) in [5.41, 5.74) is 0. The first kappa shape index (κ1) is 13.7. The fraction of sp³-hybridized carbons (Fsp3) is 0.400. The standard InChI is InChI=1S/C10H14N4O4S/c1-14-7-11-9(13-14)4-5-12-19(16,17)10-3-2-8(6-15)18-10/h2-3,7,12,15H,4-6H2,1H3. The van der Waals surface area contributed by atoms with E-state index in [1.807, 2.05) is 0 Å². The monoisotopic (exact) mass is 286 g/mol. The average Bonchev–Trinajstić information content (AvgIpc) is 2.98. The summed E-state index contributed by atoms with van der Waals surface area (Å²) < 4.78 is 32.5. The number of nitrogens with one attached hydrogen (secondary N) is 1. The van der Waals surface area contributed by atoms with E-state index in [4.69, 9.17) is 9.52 Å². The van der Waals surface area contributed by atoms with Crippen LogP contribution in [0.5, 0.6) is 0 Å². The van der Waals surface area contributed by atoms with Crippen LogP contribution in [-0.2, 0) is 30.1 Å². The number of furan rings is 1. The Morgan fingerprint density at radius 3 is 2.84 bits per heavy atom. The molecule has 2 heterocycles. The van der Waals surface area contributed by atoms with E-state index in [2.05, 4.69) is 14.8 Å². The molecule has 0 aromatic carbocycles. The lowest BCUT2D eigenvalue weighted by atomic mass is 10.4. The third kappa shape index (κ3) is 3.40. The smallest absolute Gasteiger partial charge is 0.273 e. The Morgan fingerprint density at radius 1 is 1.47 bits per heavy atom. The highest BCUT2D eigenvalue weighted by Crippen LogP contribution is 2.13. The molecule has 0 aliphatic carbocycles. The minimum absolute atomic E-state index is 0.168. The summed E-state index contributed by atoms with van der Waals surface area (Å²) in [6.45, 7) is -0.172. The molecule has 2 N–H and O–H groups in total. The minimum atomic E-state index is -3.70. The van der Waals surface area contributed by atoms with Gasteiger partial charge in [0, 0.05) is 20.0 Å². The van der Waals surface area contributed by atoms with E-state index in [1.54, 1.807) is 18.1 Å². The molecule has 0 radical (unpaired) electrons. The number of aromatic nitrogens is 3. The van der Waals surface area contributed by atoms with E-state index in [0.29, 0.717) is 12.2 Å². The quantitative estimate of drug-likeness (QED) is 0.735. The molecule has 0 spiro atoms. The lowest BCUT2D eigenvalue weighted by Gasteiger charge is -2.02. The van der Waals surface area contributed by atoms with Gasteiger partial charge in [0.05, 0.1) is 0 Å². The lowest BCUT2D eigenvalue weighted by molar-refractivity contribution is 0.236. The number of hydrogen-bond donors (Lipinski definition) is 2. The van der Waals surface area contributed by atoms with Gasteiger partial charge in [-0.3, -0.25) is 4.68 Å². The summed E-state index contributed by atoms with van der Waals surface area (Å²) in [7, 11) is -1.97. The zero-order valence-corrected chi connectivity index (χ0v) is 11.1. The Bertz CT molecular complexity index is 646. The average molecular weight is 286 g/mol. The topological polar surface area (TPSA) is 110 Å². The Morgan fingerprint density at radius 2 is 2.26 bits per heavy atom. The first-order chi connectivity index (χ1) is 9.01. The van der Waals surface area contributed by atoms with Crippen molar-refractivity contribution in [2.24, 2.45) is 7.05 Å². The molecule has 0 amide bonds. The van der Waals surface area contributed by atoms with Gasteiger partial charge in [-0.05, 0) is 12.1 Å². The van der Waals surface area contributed by atoms with Crippen LogP contribution < -0.4 is 4.72 Å². The van der Waals surface area contributed by atoms with Gasteiger partial charge in [-0.15, -0.1) is 0 Å². The molecule has 0 bridgehead atoms. The van der Waals surface area contributed by atoms with Crippen LogP contribution in [0.2, 0.25) is 0 Å². The number of hydrogen-bond acceptors (Lipinski definition) is 6. The third-order valence-corrected chi connectivity index (χ3v) is 3.68. The highest BCUT2D eigenvalue weighted by atomic mass is 32.2. The first-order valence-electron chi connectivity index (χ1n) is 5.55. The van der Waals surface area contributed by atoms with Crippen LogP contribution in [0.25, 0.3) is 0 Å². The highest BCUT2D eigenvalue weighted by Gasteiger charge is 2.18. The maximum atomic E-state index is 11.8. The Kier molecular flexibility index (Phi) is 3.98. The van der Waals surface area contributed by atoms with Gasteiger partial charge >= 0.3 is 0 Å². The fourth-order valence-electron chi connectivity index (χ4n) is 1.45. The summed E-state index contributed by atoms with van der Waals surface area (Å²) >= 11 is 0. The van der Waals surface area contributed by atoms with Gasteiger partial charge in [0.15, 0.2) is 5.82 Å².